The number of tetrazole rings is 1. The molecule has 0 amide bonds. The van der Waals surface area contributed by atoms with Gasteiger partial charge in [0.15, 0.2) is 5.82 Å². The zero-order valence-electron chi connectivity index (χ0n) is 13.9. The molecule has 0 bridgehead atoms. The number of hydrogen-bond acceptors (Lipinski definition) is 7. The quantitative estimate of drug-likeness (QED) is 0.737. The van der Waals surface area contributed by atoms with Crippen molar-refractivity contribution >= 4 is 10.0 Å². The van der Waals surface area contributed by atoms with Gasteiger partial charge in [-0.1, -0.05) is 0 Å². The molecule has 1 aliphatic heterocycles. The van der Waals surface area contributed by atoms with Crippen LogP contribution in [0.5, 0.6) is 0 Å². The molecule has 0 spiro atoms. The van der Waals surface area contributed by atoms with Gasteiger partial charge in [0.2, 0.25) is 10.0 Å². The Morgan fingerprint density at radius 3 is 2.44 bits per heavy atom. The molecule has 1 fully saturated rings. The normalized spacial score (nSPS) is 16.6. The lowest BCUT2D eigenvalue weighted by Gasteiger charge is -2.33. The maximum atomic E-state index is 11.9. The number of nitriles is 1. The third-order valence-corrected chi connectivity index (χ3v) is 6.11. The molecule has 0 N–H and O–H groups in total. The van der Waals surface area contributed by atoms with Crippen LogP contribution in [-0.2, 0) is 16.6 Å². The zero-order valence-corrected chi connectivity index (χ0v) is 14.7. The minimum Gasteiger partial charge on any atom is -0.293 e. The lowest BCUT2D eigenvalue weighted by atomic mass is 10.2. The van der Waals surface area contributed by atoms with E-state index in [9.17, 15) is 8.42 Å². The van der Waals surface area contributed by atoms with Crippen LogP contribution >= 0.6 is 0 Å². The van der Waals surface area contributed by atoms with Crippen LogP contribution in [0.15, 0.2) is 24.3 Å². The summed E-state index contributed by atoms with van der Waals surface area (Å²) in [7, 11) is -3.13. The molecule has 25 heavy (non-hydrogen) atoms. The highest BCUT2D eigenvalue weighted by Crippen LogP contribution is 2.13. The summed E-state index contributed by atoms with van der Waals surface area (Å²) >= 11 is 0. The minimum absolute atomic E-state index is 0.129. The molecule has 0 atom stereocenters. The standard InChI is InChI=1S/C15H19N7O2S/c1-2-25(23,24)21-9-7-20(8-10-21)12-15-17-18-19-22(15)14-5-3-13(11-16)4-6-14/h3-6H,2,7-10,12H2,1H3. The number of nitrogens with zero attached hydrogens (tertiary/aromatic N) is 7. The Bertz CT molecular complexity index is 862. The summed E-state index contributed by atoms with van der Waals surface area (Å²) in [4.78, 5) is 2.13. The second-order valence-corrected chi connectivity index (χ2v) is 8.00. The maximum Gasteiger partial charge on any atom is 0.213 e. The minimum atomic E-state index is -3.13. The Morgan fingerprint density at radius 1 is 1.16 bits per heavy atom. The van der Waals surface area contributed by atoms with Crippen LogP contribution in [0.2, 0.25) is 0 Å². The fourth-order valence-electron chi connectivity index (χ4n) is 2.73. The number of aromatic nitrogens is 4. The van der Waals surface area contributed by atoms with Gasteiger partial charge in [-0.05, 0) is 41.6 Å². The third kappa shape index (κ3) is 3.84. The van der Waals surface area contributed by atoms with Crippen LogP contribution < -0.4 is 0 Å². The molecular weight excluding hydrogens is 342 g/mol. The van der Waals surface area contributed by atoms with Crippen molar-refractivity contribution in [2.45, 2.75) is 13.5 Å². The van der Waals surface area contributed by atoms with Gasteiger partial charge in [-0.3, -0.25) is 4.90 Å². The number of benzene rings is 1. The summed E-state index contributed by atoms with van der Waals surface area (Å²) < 4.78 is 27.0. The number of rotatable bonds is 5. The molecule has 0 unspecified atom stereocenters. The van der Waals surface area contributed by atoms with Crippen LogP contribution in [0.3, 0.4) is 0 Å². The molecule has 2 heterocycles. The monoisotopic (exact) mass is 361 g/mol. The maximum absolute atomic E-state index is 11.9. The first-order valence-corrected chi connectivity index (χ1v) is 9.62. The third-order valence-electron chi connectivity index (χ3n) is 4.23. The van der Waals surface area contributed by atoms with Crippen molar-refractivity contribution in [3.8, 4) is 11.8 Å². The Labute approximate surface area is 146 Å². The van der Waals surface area contributed by atoms with E-state index in [0.29, 0.717) is 44.1 Å². The van der Waals surface area contributed by atoms with E-state index in [4.69, 9.17) is 5.26 Å². The SMILES string of the molecule is CCS(=O)(=O)N1CCN(Cc2nnnn2-c2ccc(C#N)cc2)CC1. The Morgan fingerprint density at radius 2 is 1.84 bits per heavy atom. The average molecular weight is 361 g/mol. The van der Waals surface area contributed by atoms with Crippen LogP contribution in [0, 0.1) is 11.3 Å². The second-order valence-electron chi connectivity index (χ2n) is 5.74. The van der Waals surface area contributed by atoms with Crippen molar-refractivity contribution in [3.05, 3.63) is 35.7 Å². The highest BCUT2D eigenvalue weighted by atomic mass is 32.2. The first kappa shape index (κ1) is 17.5. The molecule has 132 valence electrons. The highest BCUT2D eigenvalue weighted by Gasteiger charge is 2.26. The van der Waals surface area contributed by atoms with Crippen molar-refractivity contribution in [2.75, 3.05) is 31.9 Å². The number of hydrogen-bond donors (Lipinski definition) is 0. The molecule has 2 aromatic rings. The molecular formula is C15H19N7O2S. The first-order valence-electron chi connectivity index (χ1n) is 8.01. The molecule has 9 nitrogen and oxygen atoms in total. The summed E-state index contributed by atoms with van der Waals surface area (Å²) in [5.74, 6) is 0.806. The predicted molar refractivity (Wildman–Crippen MR) is 90.2 cm³/mol. The largest absolute Gasteiger partial charge is 0.293 e. The van der Waals surface area contributed by atoms with E-state index in [1.54, 1.807) is 35.9 Å². The summed E-state index contributed by atoms with van der Waals surface area (Å²) in [6.45, 7) is 4.43. The molecule has 0 saturated carbocycles. The van der Waals surface area contributed by atoms with E-state index in [0.717, 1.165) is 5.69 Å². The van der Waals surface area contributed by atoms with E-state index >= 15 is 0 Å². The van der Waals surface area contributed by atoms with Crippen molar-refractivity contribution in [2.24, 2.45) is 0 Å². The molecule has 10 heteroatoms. The molecule has 1 aromatic heterocycles. The topological polar surface area (TPSA) is 108 Å². The van der Waals surface area contributed by atoms with Gasteiger partial charge in [0.25, 0.3) is 0 Å². The molecule has 0 radical (unpaired) electrons. The first-order chi connectivity index (χ1) is 12.0. The molecule has 1 aromatic carbocycles. The van der Waals surface area contributed by atoms with Crippen LogP contribution in [0.25, 0.3) is 5.69 Å². The van der Waals surface area contributed by atoms with Gasteiger partial charge in [-0.25, -0.2) is 8.42 Å². The summed E-state index contributed by atoms with van der Waals surface area (Å²) in [6.07, 6.45) is 0. The molecule has 1 saturated heterocycles. The van der Waals surface area contributed by atoms with E-state index in [-0.39, 0.29) is 5.75 Å². The van der Waals surface area contributed by atoms with Gasteiger partial charge < -0.3 is 0 Å². The average Bonchev–Trinajstić information content (AvgIpc) is 3.10. The zero-order chi connectivity index (χ0) is 17.9. The van der Waals surface area contributed by atoms with E-state index < -0.39 is 10.0 Å². The smallest absolute Gasteiger partial charge is 0.213 e. The summed E-state index contributed by atoms with van der Waals surface area (Å²) in [6, 6.07) is 9.10. The second kappa shape index (κ2) is 7.26. The van der Waals surface area contributed by atoms with Crippen LogP contribution in [-0.4, -0.2) is 69.8 Å². The predicted octanol–water partition coefficient (Wildman–Crippen LogP) is 0.00128. The Kier molecular flexibility index (Phi) is 5.08. The van der Waals surface area contributed by atoms with Gasteiger partial charge in [0.1, 0.15) is 0 Å². The van der Waals surface area contributed by atoms with E-state index in [1.165, 1.54) is 4.31 Å². The Balaban J connectivity index is 1.67. The van der Waals surface area contributed by atoms with Crippen LogP contribution in [0.4, 0.5) is 0 Å². The molecule has 0 aliphatic carbocycles. The van der Waals surface area contributed by atoms with Gasteiger partial charge in [-0.15, -0.1) is 5.10 Å². The van der Waals surface area contributed by atoms with Gasteiger partial charge in [0, 0.05) is 26.2 Å². The van der Waals surface area contributed by atoms with E-state index in [1.807, 2.05) is 0 Å². The molecule has 1 aliphatic rings. The fraction of sp³-hybridized carbons (Fsp3) is 0.467. The summed E-state index contributed by atoms with van der Waals surface area (Å²) in [5.41, 5.74) is 1.36. The van der Waals surface area contributed by atoms with Crippen LogP contribution in [0.1, 0.15) is 18.3 Å². The molecule has 3 rings (SSSR count). The summed E-state index contributed by atoms with van der Waals surface area (Å²) in [5, 5.41) is 20.7. The van der Waals surface area contributed by atoms with Crippen molar-refractivity contribution < 1.29 is 8.42 Å². The van der Waals surface area contributed by atoms with Crippen molar-refractivity contribution in [1.82, 2.24) is 29.4 Å². The number of sulfonamides is 1. The van der Waals surface area contributed by atoms with Gasteiger partial charge in [-0.2, -0.15) is 14.2 Å². The van der Waals surface area contributed by atoms with Gasteiger partial charge >= 0.3 is 0 Å². The van der Waals surface area contributed by atoms with Crippen molar-refractivity contribution in [1.29, 1.82) is 5.26 Å². The lowest BCUT2D eigenvalue weighted by molar-refractivity contribution is 0.177. The number of piperazine rings is 1. The fourth-order valence-corrected chi connectivity index (χ4v) is 3.82. The van der Waals surface area contributed by atoms with E-state index in [2.05, 4.69) is 26.5 Å². The van der Waals surface area contributed by atoms with Gasteiger partial charge in [0.05, 0.1) is 29.6 Å². The van der Waals surface area contributed by atoms with Crippen molar-refractivity contribution in [3.63, 3.8) is 0 Å². The highest BCUT2D eigenvalue weighted by molar-refractivity contribution is 7.89. The Hall–Kier alpha value is -2.35. The lowest BCUT2D eigenvalue weighted by Crippen LogP contribution is -2.48.